The third-order valence-electron chi connectivity index (χ3n) is 3.92. The number of halogens is 1. The third-order valence-corrected chi connectivity index (χ3v) is 5.16. The number of aromatic nitrogens is 1. The number of rotatable bonds is 3. The van der Waals surface area contributed by atoms with Crippen molar-refractivity contribution in [2.45, 2.75) is 30.7 Å². The number of hydrogen-bond acceptors (Lipinski definition) is 6. The molecule has 1 aliphatic heterocycles. The predicted octanol–water partition coefficient (Wildman–Crippen LogP) is 1.73. The molecular weight excluding hydrogens is 333 g/mol. The summed E-state index contributed by atoms with van der Waals surface area (Å²) < 4.78 is 19.4. The number of aliphatic hydroxyl groups excluding tert-OH is 3. The van der Waals surface area contributed by atoms with E-state index in [2.05, 4.69) is 4.98 Å². The molecule has 0 radical (unpaired) electrons. The number of aliphatic hydroxyl groups is 3. The van der Waals surface area contributed by atoms with Gasteiger partial charge in [-0.15, -0.1) is 11.8 Å². The second kappa shape index (κ2) is 7.06. The second-order valence-electron chi connectivity index (χ2n) is 5.74. The predicted molar refractivity (Wildman–Crippen MR) is 89.3 cm³/mol. The molecule has 0 amide bonds. The second-order valence-corrected chi connectivity index (χ2v) is 6.87. The molecule has 0 bridgehead atoms. The zero-order valence-electron chi connectivity index (χ0n) is 13.0. The Hall–Kier alpha value is -1.67. The monoisotopic (exact) mass is 351 g/mol. The normalized spacial score (nSPS) is 27.0. The van der Waals surface area contributed by atoms with E-state index < -0.39 is 23.7 Å². The number of nitrogens with zero attached hydrogens (tertiary/aromatic N) is 1. The van der Waals surface area contributed by atoms with E-state index >= 15 is 0 Å². The van der Waals surface area contributed by atoms with E-state index in [1.54, 1.807) is 31.3 Å². The maximum atomic E-state index is 13.7. The average Bonchev–Trinajstić information content (AvgIpc) is 2.58. The Morgan fingerprint density at radius 1 is 1.12 bits per heavy atom. The van der Waals surface area contributed by atoms with Crippen molar-refractivity contribution < 1.29 is 24.4 Å². The van der Waals surface area contributed by atoms with E-state index in [9.17, 15) is 19.7 Å². The van der Waals surface area contributed by atoms with E-state index in [-0.39, 0.29) is 11.6 Å². The molecule has 3 N–H and O–H groups in total. The van der Waals surface area contributed by atoms with Crippen LogP contribution in [-0.4, -0.2) is 49.8 Å². The number of ether oxygens (including phenoxy) is 1. The molecule has 1 aliphatic rings. The van der Waals surface area contributed by atoms with Crippen LogP contribution in [-0.2, 0) is 0 Å². The highest BCUT2D eigenvalue weighted by molar-refractivity contribution is 7.99. The van der Waals surface area contributed by atoms with Crippen LogP contribution in [0.1, 0.15) is 5.56 Å². The number of pyridine rings is 1. The maximum absolute atomic E-state index is 13.7. The molecule has 0 aliphatic carbocycles. The third kappa shape index (κ3) is 3.54. The number of benzene rings is 1. The first kappa shape index (κ1) is 17.2. The summed E-state index contributed by atoms with van der Waals surface area (Å²) in [5, 5.41) is 29.3. The lowest BCUT2D eigenvalue weighted by Crippen LogP contribution is -2.50. The summed E-state index contributed by atoms with van der Waals surface area (Å²) in [5.74, 6) is 0.363. The van der Waals surface area contributed by atoms with Crippen molar-refractivity contribution in [3.05, 3.63) is 48.0 Å². The van der Waals surface area contributed by atoms with E-state index in [4.69, 9.17) is 4.74 Å². The molecule has 24 heavy (non-hydrogen) atoms. The van der Waals surface area contributed by atoms with Gasteiger partial charge in [0.2, 0.25) is 0 Å². The van der Waals surface area contributed by atoms with Gasteiger partial charge < -0.3 is 20.1 Å². The molecule has 5 nitrogen and oxygen atoms in total. The van der Waals surface area contributed by atoms with Crippen molar-refractivity contribution >= 4 is 11.8 Å². The Labute approximate surface area is 143 Å². The topological polar surface area (TPSA) is 82.8 Å². The standard InChI is InChI=1S/C17H18FNO4S/c1-9-2-3-10(5-13(9)18)11-4-12(7-19-6-11)23-17-16(22)15(21)14(20)8-24-17/h2-7,14-17,20-22H,8H2,1H3/t14-,15+,16-,17-/m1/s1. The van der Waals surface area contributed by atoms with Crippen LogP contribution in [0.3, 0.4) is 0 Å². The van der Waals surface area contributed by atoms with Gasteiger partial charge in [0.05, 0.1) is 12.3 Å². The summed E-state index contributed by atoms with van der Waals surface area (Å²) >= 11 is 1.21. The van der Waals surface area contributed by atoms with Crippen molar-refractivity contribution in [1.29, 1.82) is 0 Å². The van der Waals surface area contributed by atoms with E-state index in [1.807, 2.05) is 0 Å². The fourth-order valence-corrected chi connectivity index (χ4v) is 3.55. The summed E-state index contributed by atoms with van der Waals surface area (Å²) in [6.07, 6.45) is -0.360. The molecule has 1 saturated heterocycles. The lowest BCUT2D eigenvalue weighted by atomic mass is 10.1. The van der Waals surface area contributed by atoms with Gasteiger partial charge in [0.15, 0.2) is 5.44 Å². The Bertz CT molecular complexity index is 729. The van der Waals surface area contributed by atoms with E-state index in [1.165, 1.54) is 24.0 Å². The van der Waals surface area contributed by atoms with Crippen LogP contribution in [0.4, 0.5) is 4.39 Å². The Morgan fingerprint density at radius 3 is 2.67 bits per heavy atom. The van der Waals surface area contributed by atoms with Gasteiger partial charge in [0.25, 0.3) is 0 Å². The van der Waals surface area contributed by atoms with Crippen LogP contribution in [0.25, 0.3) is 11.1 Å². The molecule has 7 heteroatoms. The summed E-state index contributed by atoms with van der Waals surface area (Å²) in [6.45, 7) is 1.69. The van der Waals surface area contributed by atoms with Crippen LogP contribution in [0.15, 0.2) is 36.7 Å². The first-order valence-corrected chi connectivity index (χ1v) is 8.54. The summed E-state index contributed by atoms with van der Waals surface area (Å²) in [4.78, 5) is 4.09. The Balaban J connectivity index is 1.79. The summed E-state index contributed by atoms with van der Waals surface area (Å²) in [6, 6.07) is 6.61. The van der Waals surface area contributed by atoms with Gasteiger partial charge in [0.1, 0.15) is 23.8 Å². The molecular formula is C17H18FNO4S. The van der Waals surface area contributed by atoms with Gasteiger partial charge in [-0.2, -0.15) is 0 Å². The SMILES string of the molecule is Cc1ccc(-c2cncc(O[C@@H]3SC[C@@H](O)[C@H](O)[C@H]3O)c2)cc1F. The molecule has 4 atom stereocenters. The molecule has 1 aromatic heterocycles. The van der Waals surface area contributed by atoms with Gasteiger partial charge >= 0.3 is 0 Å². The number of hydrogen-bond donors (Lipinski definition) is 3. The fraction of sp³-hybridized carbons (Fsp3) is 0.353. The first-order valence-electron chi connectivity index (χ1n) is 7.50. The smallest absolute Gasteiger partial charge is 0.173 e. The van der Waals surface area contributed by atoms with Crippen molar-refractivity contribution in [2.75, 3.05) is 5.75 Å². The zero-order chi connectivity index (χ0) is 17.3. The van der Waals surface area contributed by atoms with Crippen molar-refractivity contribution in [1.82, 2.24) is 4.98 Å². The van der Waals surface area contributed by atoms with Crippen molar-refractivity contribution in [3.63, 3.8) is 0 Å². The van der Waals surface area contributed by atoms with Crippen LogP contribution < -0.4 is 4.74 Å². The quantitative estimate of drug-likeness (QED) is 0.781. The maximum Gasteiger partial charge on any atom is 0.173 e. The molecule has 128 valence electrons. The fourth-order valence-electron chi connectivity index (χ4n) is 2.43. The molecule has 0 spiro atoms. The van der Waals surface area contributed by atoms with Gasteiger partial charge in [0, 0.05) is 17.5 Å². The van der Waals surface area contributed by atoms with Crippen molar-refractivity contribution in [2.24, 2.45) is 0 Å². The van der Waals surface area contributed by atoms with Gasteiger partial charge in [-0.1, -0.05) is 12.1 Å². The Morgan fingerprint density at radius 2 is 1.92 bits per heavy atom. The average molecular weight is 351 g/mol. The van der Waals surface area contributed by atoms with E-state index in [0.29, 0.717) is 22.4 Å². The van der Waals surface area contributed by atoms with E-state index in [0.717, 1.165) is 0 Å². The zero-order valence-corrected chi connectivity index (χ0v) is 13.8. The molecule has 1 aromatic carbocycles. The lowest BCUT2D eigenvalue weighted by molar-refractivity contribution is -0.0786. The molecule has 0 unspecified atom stereocenters. The Kier molecular flexibility index (Phi) is 5.05. The minimum atomic E-state index is -1.25. The minimum Gasteiger partial charge on any atom is -0.475 e. The van der Waals surface area contributed by atoms with Gasteiger partial charge in [-0.25, -0.2) is 4.39 Å². The first-order chi connectivity index (χ1) is 11.5. The molecule has 2 aromatic rings. The molecule has 0 saturated carbocycles. The number of thioether (sulfide) groups is 1. The van der Waals surface area contributed by atoms with Gasteiger partial charge in [-0.3, -0.25) is 4.98 Å². The summed E-state index contributed by atoms with van der Waals surface area (Å²) in [5.41, 5.74) is 1.20. The van der Waals surface area contributed by atoms with Crippen LogP contribution in [0.5, 0.6) is 5.75 Å². The highest BCUT2D eigenvalue weighted by atomic mass is 32.2. The van der Waals surface area contributed by atoms with Crippen LogP contribution in [0.2, 0.25) is 0 Å². The molecule has 1 fully saturated rings. The lowest BCUT2D eigenvalue weighted by Gasteiger charge is -2.34. The van der Waals surface area contributed by atoms with Crippen molar-refractivity contribution in [3.8, 4) is 16.9 Å². The molecule has 2 heterocycles. The van der Waals surface area contributed by atoms with Crippen LogP contribution in [0, 0.1) is 12.7 Å². The number of aryl methyl sites for hydroxylation is 1. The minimum absolute atomic E-state index is 0.263. The molecule has 3 rings (SSSR count). The highest BCUT2D eigenvalue weighted by Gasteiger charge is 2.38. The van der Waals surface area contributed by atoms with Crippen LogP contribution >= 0.6 is 11.8 Å². The highest BCUT2D eigenvalue weighted by Crippen LogP contribution is 2.31. The van der Waals surface area contributed by atoms with Gasteiger partial charge in [-0.05, 0) is 30.2 Å². The largest absolute Gasteiger partial charge is 0.475 e. The summed E-state index contributed by atoms with van der Waals surface area (Å²) in [7, 11) is 0.